The van der Waals surface area contributed by atoms with E-state index in [2.05, 4.69) is 5.92 Å². The van der Waals surface area contributed by atoms with Crippen LogP contribution in [0, 0.1) is 18.2 Å². The number of benzene rings is 2. The molecule has 2 rings (SSSR count). The van der Waals surface area contributed by atoms with Gasteiger partial charge in [0, 0.05) is 0 Å². The van der Waals surface area contributed by atoms with Crippen molar-refractivity contribution in [3.8, 4) is 12.3 Å². The fourth-order valence-electron chi connectivity index (χ4n) is 1.52. The molecule has 0 heterocycles. The van der Waals surface area contributed by atoms with Gasteiger partial charge in [0.2, 0.25) is 9.84 Å². The summed E-state index contributed by atoms with van der Waals surface area (Å²) in [6, 6.07) is 11.4. The molecular weight excluding hydrogens is 251 g/mol. The Morgan fingerprint density at radius 2 is 1.67 bits per heavy atom. The van der Waals surface area contributed by atoms with Gasteiger partial charge in [0.15, 0.2) is 0 Å². The first-order valence-corrected chi connectivity index (χ1v) is 6.60. The minimum absolute atomic E-state index is 0.0435. The highest BCUT2D eigenvalue weighted by Gasteiger charge is 2.18. The minimum atomic E-state index is -3.70. The molecule has 0 aliphatic heterocycles. The predicted molar refractivity (Wildman–Crippen MR) is 66.2 cm³/mol. The molecule has 18 heavy (non-hydrogen) atoms. The molecule has 0 aromatic heterocycles. The second-order valence-corrected chi connectivity index (χ2v) is 5.55. The number of halogens is 1. The van der Waals surface area contributed by atoms with Crippen molar-refractivity contribution < 1.29 is 12.8 Å². The van der Waals surface area contributed by atoms with Crippen LogP contribution in [0.1, 0.15) is 5.56 Å². The van der Waals surface area contributed by atoms with Crippen molar-refractivity contribution in [1.29, 1.82) is 0 Å². The predicted octanol–water partition coefficient (Wildman–Crippen LogP) is 2.64. The number of hydrogen-bond donors (Lipinski definition) is 0. The van der Waals surface area contributed by atoms with E-state index in [4.69, 9.17) is 6.42 Å². The number of terminal acetylenes is 1. The van der Waals surface area contributed by atoms with Crippen LogP contribution < -0.4 is 0 Å². The third-order valence-electron chi connectivity index (χ3n) is 2.46. The lowest BCUT2D eigenvalue weighted by molar-refractivity contribution is 0.590. The largest absolute Gasteiger partial charge is 0.219 e. The van der Waals surface area contributed by atoms with Gasteiger partial charge in [-0.15, -0.1) is 6.42 Å². The number of rotatable bonds is 2. The van der Waals surface area contributed by atoms with Crippen molar-refractivity contribution >= 4 is 9.84 Å². The number of hydrogen-bond acceptors (Lipinski definition) is 2. The van der Waals surface area contributed by atoms with Gasteiger partial charge in [-0.05, 0) is 30.3 Å². The standard InChI is InChI=1S/C14H9FO2S/c1-2-11-8-9-13(10-14(11)15)18(16,17)12-6-4-3-5-7-12/h1,3-10H. The van der Waals surface area contributed by atoms with Crippen molar-refractivity contribution in [3.63, 3.8) is 0 Å². The van der Waals surface area contributed by atoms with Crippen LogP contribution in [0.15, 0.2) is 58.3 Å². The lowest BCUT2D eigenvalue weighted by Gasteiger charge is -2.05. The maximum atomic E-state index is 13.5. The fraction of sp³-hybridized carbons (Fsp3) is 0. The zero-order chi connectivity index (χ0) is 13.2. The third kappa shape index (κ3) is 2.13. The molecule has 0 spiro atoms. The summed E-state index contributed by atoms with van der Waals surface area (Å²) in [6.45, 7) is 0. The molecule has 0 atom stereocenters. The zero-order valence-electron chi connectivity index (χ0n) is 9.30. The van der Waals surface area contributed by atoms with Crippen LogP contribution in [0.2, 0.25) is 0 Å². The van der Waals surface area contributed by atoms with Crippen LogP contribution >= 0.6 is 0 Å². The molecule has 0 N–H and O–H groups in total. The van der Waals surface area contributed by atoms with Gasteiger partial charge in [0.25, 0.3) is 0 Å². The van der Waals surface area contributed by atoms with Crippen LogP contribution in [0.3, 0.4) is 0 Å². The second-order valence-electron chi connectivity index (χ2n) is 3.60. The van der Waals surface area contributed by atoms with E-state index in [0.717, 1.165) is 6.07 Å². The summed E-state index contributed by atoms with van der Waals surface area (Å²) in [6.07, 6.45) is 5.08. The topological polar surface area (TPSA) is 34.1 Å². The molecule has 2 nitrogen and oxygen atoms in total. The second kappa shape index (κ2) is 4.63. The summed E-state index contributed by atoms with van der Waals surface area (Å²) in [5, 5.41) is 0. The normalized spacial score (nSPS) is 10.9. The highest BCUT2D eigenvalue weighted by Crippen LogP contribution is 2.22. The molecule has 4 heteroatoms. The molecule has 0 amide bonds. The average Bonchev–Trinajstić information content (AvgIpc) is 2.39. The Labute approximate surface area is 105 Å². The first-order valence-electron chi connectivity index (χ1n) is 5.12. The Balaban J connectivity index is 2.57. The molecule has 2 aromatic rings. The Morgan fingerprint density at radius 3 is 2.22 bits per heavy atom. The molecule has 0 saturated carbocycles. The van der Waals surface area contributed by atoms with Crippen LogP contribution in [0.5, 0.6) is 0 Å². The molecule has 0 saturated heterocycles. The maximum Gasteiger partial charge on any atom is 0.206 e. The van der Waals surface area contributed by atoms with E-state index in [-0.39, 0.29) is 15.4 Å². The van der Waals surface area contributed by atoms with Gasteiger partial charge < -0.3 is 0 Å². The van der Waals surface area contributed by atoms with Gasteiger partial charge in [-0.2, -0.15) is 0 Å². The SMILES string of the molecule is C#Cc1ccc(S(=O)(=O)c2ccccc2)cc1F. The minimum Gasteiger partial charge on any atom is -0.219 e. The van der Waals surface area contributed by atoms with E-state index in [1.54, 1.807) is 18.2 Å². The smallest absolute Gasteiger partial charge is 0.206 e. The molecule has 0 bridgehead atoms. The van der Waals surface area contributed by atoms with Crippen molar-refractivity contribution in [2.45, 2.75) is 9.79 Å². The van der Waals surface area contributed by atoms with Crippen LogP contribution in [0.25, 0.3) is 0 Å². The Hall–Kier alpha value is -2.12. The first-order chi connectivity index (χ1) is 8.55. The highest BCUT2D eigenvalue weighted by molar-refractivity contribution is 7.91. The Bertz CT molecular complexity index is 713. The summed E-state index contributed by atoms with van der Waals surface area (Å²) in [4.78, 5) is 0.0167. The maximum absolute atomic E-state index is 13.5. The molecular formula is C14H9FO2S. The molecule has 0 fully saturated rings. The van der Waals surface area contributed by atoms with Gasteiger partial charge in [-0.3, -0.25) is 0 Å². The molecule has 0 unspecified atom stereocenters. The van der Waals surface area contributed by atoms with E-state index in [0.29, 0.717) is 0 Å². The van der Waals surface area contributed by atoms with Gasteiger partial charge in [-0.25, -0.2) is 12.8 Å². The lowest BCUT2D eigenvalue weighted by atomic mass is 10.2. The van der Waals surface area contributed by atoms with Crippen molar-refractivity contribution in [3.05, 3.63) is 59.9 Å². The summed E-state index contributed by atoms with van der Waals surface area (Å²) in [7, 11) is -3.70. The van der Waals surface area contributed by atoms with E-state index < -0.39 is 15.7 Å². The molecule has 0 radical (unpaired) electrons. The Kier molecular flexibility index (Phi) is 3.17. The van der Waals surface area contributed by atoms with Crippen LogP contribution in [-0.2, 0) is 9.84 Å². The van der Waals surface area contributed by atoms with Gasteiger partial charge in [0.05, 0.1) is 15.4 Å². The monoisotopic (exact) mass is 260 g/mol. The van der Waals surface area contributed by atoms with Crippen molar-refractivity contribution in [1.82, 2.24) is 0 Å². The van der Waals surface area contributed by atoms with Gasteiger partial charge in [-0.1, -0.05) is 24.1 Å². The van der Waals surface area contributed by atoms with E-state index >= 15 is 0 Å². The van der Waals surface area contributed by atoms with E-state index in [1.807, 2.05) is 0 Å². The van der Waals surface area contributed by atoms with Gasteiger partial charge in [0.1, 0.15) is 5.82 Å². The van der Waals surface area contributed by atoms with E-state index in [9.17, 15) is 12.8 Å². The lowest BCUT2D eigenvalue weighted by Crippen LogP contribution is -2.02. The summed E-state index contributed by atoms with van der Waals surface area (Å²) < 4.78 is 37.8. The first kappa shape index (κ1) is 12.3. The highest BCUT2D eigenvalue weighted by atomic mass is 32.2. The average molecular weight is 260 g/mol. The summed E-state index contributed by atoms with van der Waals surface area (Å²) in [5.41, 5.74) is 0.0435. The molecule has 90 valence electrons. The van der Waals surface area contributed by atoms with E-state index in [1.165, 1.54) is 24.3 Å². The zero-order valence-corrected chi connectivity index (χ0v) is 10.1. The molecule has 0 aliphatic carbocycles. The Morgan fingerprint density at radius 1 is 1.00 bits per heavy atom. The van der Waals surface area contributed by atoms with Crippen molar-refractivity contribution in [2.75, 3.05) is 0 Å². The molecule has 2 aromatic carbocycles. The van der Waals surface area contributed by atoms with Crippen LogP contribution in [0.4, 0.5) is 4.39 Å². The quantitative estimate of drug-likeness (QED) is 0.778. The summed E-state index contributed by atoms with van der Waals surface area (Å²) in [5.74, 6) is 1.43. The third-order valence-corrected chi connectivity index (χ3v) is 4.23. The number of sulfone groups is 1. The summed E-state index contributed by atoms with van der Waals surface area (Å²) >= 11 is 0. The molecule has 0 aliphatic rings. The van der Waals surface area contributed by atoms with Crippen molar-refractivity contribution in [2.24, 2.45) is 0 Å². The van der Waals surface area contributed by atoms with Gasteiger partial charge >= 0.3 is 0 Å². The van der Waals surface area contributed by atoms with Crippen LogP contribution in [-0.4, -0.2) is 8.42 Å². The fourth-order valence-corrected chi connectivity index (χ4v) is 2.81.